The maximum Gasteiger partial charge on any atom is 0.324 e. The average Bonchev–Trinajstić information content (AvgIpc) is 2.79. The van der Waals surface area contributed by atoms with Crippen molar-refractivity contribution in [3.63, 3.8) is 0 Å². The van der Waals surface area contributed by atoms with Gasteiger partial charge in [0, 0.05) is 31.0 Å². The fourth-order valence-corrected chi connectivity index (χ4v) is 4.16. The molecule has 0 spiro atoms. The van der Waals surface area contributed by atoms with Crippen LogP contribution in [0.1, 0.15) is 23.1 Å². The minimum atomic E-state index is -0.252. The van der Waals surface area contributed by atoms with E-state index in [1.165, 1.54) is 11.1 Å². The predicted molar refractivity (Wildman–Crippen MR) is 131 cm³/mol. The van der Waals surface area contributed by atoms with Gasteiger partial charge in [-0.2, -0.15) is 0 Å². The minimum Gasteiger partial charge on any atom is -0.484 e. The van der Waals surface area contributed by atoms with E-state index in [1.807, 2.05) is 47.4 Å². The van der Waals surface area contributed by atoms with Crippen molar-refractivity contribution in [2.24, 2.45) is 0 Å². The summed E-state index contributed by atoms with van der Waals surface area (Å²) in [5.74, 6) is 0.390. The van der Waals surface area contributed by atoms with Gasteiger partial charge in [0.15, 0.2) is 6.61 Å². The molecule has 3 aromatic carbocycles. The van der Waals surface area contributed by atoms with Crippen LogP contribution in [0.25, 0.3) is 0 Å². The first-order valence-corrected chi connectivity index (χ1v) is 11.2. The van der Waals surface area contributed by atoms with E-state index in [0.717, 1.165) is 24.2 Å². The molecule has 1 N–H and O–H groups in total. The first-order chi connectivity index (χ1) is 16.0. The van der Waals surface area contributed by atoms with Gasteiger partial charge in [-0.25, -0.2) is 4.79 Å². The largest absolute Gasteiger partial charge is 0.484 e. The zero-order valence-corrected chi connectivity index (χ0v) is 19.1. The number of aryl methyl sites for hydroxylation is 2. The number of carbonyl (C=O) groups is 2. The van der Waals surface area contributed by atoms with Crippen LogP contribution in [0.4, 0.5) is 16.2 Å². The number of para-hydroxylation sites is 1. The van der Waals surface area contributed by atoms with Crippen molar-refractivity contribution < 1.29 is 14.3 Å². The van der Waals surface area contributed by atoms with Crippen molar-refractivity contribution in [3.05, 3.63) is 89.5 Å². The van der Waals surface area contributed by atoms with Crippen molar-refractivity contribution in [1.82, 2.24) is 4.90 Å². The van der Waals surface area contributed by atoms with Crippen molar-refractivity contribution in [2.45, 2.75) is 26.8 Å². The third-order valence-corrected chi connectivity index (χ3v) is 5.52. The summed E-state index contributed by atoms with van der Waals surface area (Å²) in [5, 5.41) is 2.85. The molecule has 0 aromatic heterocycles. The number of amides is 3. The van der Waals surface area contributed by atoms with Crippen LogP contribution in [-0.2, 0) is 11.3 Å². The number of benzene rings is 3. The number of urea groups is 1. The highest BCUT2D eigenvalue weighted by molar-refractivity contribution is 5.95. The van der Waals surface area contributed by atoms with Crippen LogP contribution >= 0.6 is 0 Å². The molecule has 1 aliphatic rings. The van der Waals surface area contributed by atoms with Gasteiger partial charge >= 0.3 is 6.03 Å². The summed E-state index contributed by atoms with van der Waals surface area (Å²) in [7, 11) is 0. The maximum absolute atomic E-state index is 13.2. The number of ether oxygens (including phenoxy) is 1. The molecule has 6 nitrogen and oxygen atoms in total. The Balaban J connectivity index is 1.40. The van der Waals surface area contributed by atoms with Crippen LogP contribution in [0, 0.1) is 13.8 Å². The molecule has 6 heteroatoms. The Kier molecular flexibility index (Phi) is 6.93. The lowest BCUT2D eigenvalue weighted by molar-refractivity contribution is -0.118. The van der Waals surface area contributed by atoms with Gasteiger partial charge in [0.05, 0.1) is 0 Å². The van der Waals surface area contributed by atoms with E-state index in [4.69, 9.17) is 4.74 Å². The number of carbonyl (C=O) groups excluding carboxylic acids is 2. The molecule has 1 fully saturated rings. The third kappa shape index (κ3) is 5.92. The molecule has 0 unspecified atom stereocenters. The SMILES string of the molecule is Cc1cc(C)cc(CN2CCCN(c3cccc(NC(=O)COc4ccccc4)c3)C2=O)c1. The Morgan fingerprint density at radius 1 is 0.939 bits per heavy atom. The summed E-state index contributed by atoms with van der Waals surface area (Å²) in [6.45, 7) is 6.04. The topological polar surface area (TPSA) is 61.9 Å². The lowest BCUT2D eigenvalue weighted by Crippen LogP contribution is -2.49. The second-order valence-corrected chi connectivity index (χ2v) is 8.41. The third-order valence-electron chi connectivity index (χ3n) is 5.52. The van der Waals surface area contributed by atoms with Crippen molar-refractivity contribution in [2.75, 3.05) is 29.9 Å². The zero-order valence-electron chi connectivity index (χ0n) is 19.1. The number of hydrogen-bond acceptors (Lipinski definition) is 3. The van der Waals surface area contributed by atoms with Gasteiger partial charge < -0.3 is 15.0 Å². The van der Waals surface area contributed by atoms with Gasteiger partial charge in [-0.05, 0) is 56.2 Å². The minimum absolute atomic E-state index is 0.0173. The van der Waals surface area contributed by atoms with Crippen LogP contribution in [-0.4, -0.2) is 36.5 Å². The zero-order chi connectivity index (χ0) is 23.2. The van der Waals surface area contributed by atoms with E-state index in [-0.39, 0.29) is 18.5 Å². The Bertz CT molecular complexity index is 1110. The highest BCUT2D eigenvalue weighted by atomic mass is 16.5. The number of nitrogens with one attached hydrogen (secondary N) is 1. The molecular weight excluding hydrogens is 414 g/mol. The van der Waals surface area contributed by atoms with Crippen LogP contribution in [0.2, 0.25) is 0 Å². The van der Waals surface area contributed by atoms with E-state index in [2.05, 4.69) is 37.4 Å². The summed E-state index contributed by atoms with van der Waals surface area (Å²) in [6, 6.07) is 23.0. The molecule has 0 radical (unpaired) electrons. The normalized spacial score (nSPS) is 13.7. The smallest absolute Gasteiger partial charge is 0.324 e. The molecule has 0 atom stereocenters. The monoisotopic (exact) mass is 443 g/mol. The average molecular weight is 444 g/mol. The lowest BCUT2D eigenvalue weighted by atomic mass is 10.1. The quantitative estimate of drug-likeness (QED) is 0.549. The molecule has 0 bridgehead atoms. The second-order valence-electron chi connectivity index (χ2n) is 8.41. The van der Waals surface area contributed by atoms with Crippen LogP contribution < -0.4 is 15.0 Å². The van der Waals surface area contributed by atoms with Crippen molar-refractivity contribution in [1.29, 1.82) is 0 Å². The maximum atomic E-state index is 13.2. The summed E-state index contributed by atoms with van der Waals surface area (Å²) < 4.78 is 5.51. The van der Waals surface area contributed by atoms with Crippen molar-refractivity contribution >= 4 is 23.3 Å². The Morgan fingerprint density at radius 3 is 2.45 bits per heavy atom. The van der Waals surface area contributed by atoms with Crippen LogP contribution in [0.15, 0.2) is 72.8 Å². The summed E-state index contributed by atoms with van der Waals surface area (Å²) in [5.41, 5.74) is 4.94. The number of hydrogen-bond donors (Lipinski definition) is 1. The highest BCUT2D eigenvalue weighted by Gasteiger charge is 2.27. The number of nitrogens with zero attached hydrogens (tertiary/aromatic N) is 2. The Hall–Kier alpha value is -3.80. The van der Waals surface area contributed by atoms with Gasteiger partial charge in [0.25, 0.3) is 5.91 Å². The van der Waals surface area contributed by atoms with E-state index in [9.17, 15) is 9.59 Å². The van der Waals surface area contributed by atoms with Gasteiger partial charge in [-0.3, -0.25) is 9.69 Å². The standard InChI is InChI=1S/C27H29N3O3/c1-20-14-21(2)16-22(15-20)18-29-12-7-13-30(27(29)32)24-9-6-8-23(17-24)28-26(31)19-33-25-10-4-3-5-11-25/h3-6,8-11,14-17H,7,12-13,18-19H2,1-2H3,(H,28,31). The highest BCUT2D eigenvalue weighted by Crippen LogP contribution is 2.25. The molecule has 0 aliphatic carbocycles. The summed E-state index contributed by atoms with van der Waals surface area (Å²) in [6.07, 6.45) is 0.887. The number of rotatable bonds is 7. The van der Waals surface area contributed by atoms with E-state index in [1.54, 1.807) is 17.0 Å². The molecule has 170 valence electrons. The second kappa shape index (κ2) is 10.2. The lowest BCUT2D eigenvalue weighted by Gasteiger charge is -2.36. The fraction of sp³-hybridized carbons (Fsp3) is 0.259. The van der Waals surface area contributed by atoms with Gasteiger partial charge in [-0.1, -0.05) is 53.6 Å². The van der Waals surface area contributed by atoms with Crippen molar-refractivity contribution in [3.8, 4) is 5.75 Å². The molecule has 3 aromatic rings. The Labute approximate surface area is 194 Å². The first-order valence-electron chi connectivity index (χ1n) is 11.2. The molecular formula is C27H29N3O3. The summed E-state index contributed by atoms with van der Waals surface area (Å²) in [4.78, 5) is 29.2. The van der Waals surface area contributed by atoms with E-state index >= 15 is 0 Å². The van der Waals surface area contributed by atoms with Crippen LogP contribution in [0.3, 0.4) is 0 Å². The fourth-order valence-electron chi connectivity index (χ4n) is 4.16. The molecule has 3 amide bonds. The summed E-state index contributed by atoms with van der Waals surface area (Å²) >= 11 is 0. The molecule has 4 rings (SSSR count). The molecule has 0 saturated carbocycles. The van der Waals surface area contributed by atoms with Crippen LogP contribution in [0.5, 0.6) is 5.75 Å². The number of anilines is 2. The Morgan fingerprint density at radius 2 is 1.70 bits per heavy atom. The van der Waals surface area contributed by atoms with Gasteiger partial charge in [0.2, 0.25) is 0 Å². The molecule has 33 heavy (non-hydrogen) atoms. The van der Waals surface area contributed by atoms with Gasteiger partial charge in [0.1, 0.15) is 5.75 Å². The predicted octanol–water partition coefficient (Wildman–Crippen LogP) is 5.15. The molecule has 1 saturated heterocycles. The molecule has 1 heterocycles. The van der Waals surface area contributed by atoms with Gasteiger partial charge in [-0.15, -0.1) is 0 Å². The molecule has 1 aliphatic heterocycles. The van der Waals surface area contributed by atoms with E-state index < -0.39 is 0 Å². The first kappa shape index (κ1) is 22.4. The van der Waals surface area contributed by atoms with E-state index in [0.29, 0.717) is 24.5 Å².